The van der Waals surface area contributed by atoms with Gasteiger partial charge in [0.25, 0.3) is 0 Å². The second-order valence-electron chi connectivity index (χ2n) is 7.49. The molecular weight excluding hydrogens is 285 g/mol. The first-order valence-electron chi connectivity index (χ1n) is 8.65. The van der Waals surface area contributed by atoms with E-state index in [1.165, 1.54) is 16.7 Å². The Hall–Kier alpha value is -1.67. The molecule has 23 heavy (non-hydrogen) atoms. The van der Waals surface area contributed by atoms with Crippen molar-refractivity contribution in [3.8, 4) is 0 Å². The van der Waals surface area contributed by atoms with Gasteiger partial charge in [-0.25, -0.2) is 4.39 Å². The number of likely N-dealkylation sites (tertiary alicyclic amines) is 1. The van der Waals surface area contributed by atoms with E-state index in [0.29, 0.717) is 12.0 Å². The van der Waals surface area contributed by atoms with Crippen LogP contribution in [0.4, 0.5) is 4.39 Å². The maximum atomic E-state index is 13.8. The van der Waals surface area contributed by atoms with Crippen LogP contribution in [0.3, 0.4) is 0 Å². The standard InChI is InChI=1S/C21H24FN/c1-15-20-12-17-8-9-18(22)13-19(17)21(15,2)10-11-23(20)14-16-6-4-3-5-7-16/h3-9,13,15,20H,10-12,14H2,1-2H3/t15-,20+,21+/m0/s1. The van der Waals surface area contributed by atoms with Crippen LogP contribution in [0.15, 0.2) is 48.5 Å². The van der Waals surface area contributed by atoms with Crippen LogP contribution in [0, 0.1) is 11.7 Å². The summed E-state index contributed by atoms with van der Waals surface area (Å²) in [7, 11) is 0. The molecule has 0 unspecified atom stereocenters. The molecule has 1 heterocycles. The van der Waals surface area contributed by atoms with Gasteiger partial charge in [0.05, 0.1) is 0 Å². The van der Waals surface area contributed by atoms with Crippen LogP contribution in [-0.2, 0) is 18.4 Å². The Morgan fingerprint density at radius 1 is 1.17 bits per heavy atom. The maximum Gasteiger partial charge on any atom is 0.123 e. The molecule has 1 nitrogen and oxygen atoms in total. The van der Waals surface area contributed by atoms with E-state index in [1.54, 1.807) is 12.1 Å². The van der Waals surface area contributed by atoms with Crippen LogP contribution >= 0.6 is 0 Å². The molecule has 1 saturated heterocycles. The predicted molar refractivity (Wildman–Crippen MR) is 91.9 cm³/mol. The van der Waals surface area contributed by atoms with Crippen molar-refractivity contribution in [2.24, 2.45) is 5.92 Å². The molecule has 120 valence electrons. The summed E-state index contributed by atoms with van der Waals surface area (Å²) in [6.07, 6.45) is 2.15. The van der Waals surface area contributed by atoms with E-state index in [-0.39, 0.29) is 11.2 Å². The van der Waals surface area contributed by atoms with Crippen molar-refractivity contribution in [1.29, 1.82) is 0 Å². The van der Waals surface area contributed by atoms with Gasteiger partial charge in [0.15, 0.2) is 0 Å². The quantitative estimate of drug-likeness (QED) is 0.786. The van der Waals surface area contributed by atoms with Crippen LogP contribution in [0.2, 0.25) is 0 Å². The van der Waals surface area contributed by atoms with Gasteiger partial charge in [-0.05, 0) is 59.5 Å². The fourth-order valence-electron chi connectivity index (χ4n) is 4.69. The molecule has 0 aromatic heterocycles. The third-order valence-corrected chi connectivity index (χ3v) is 6.31. The lowest BCUT2D eigenvalue weighted by Gasteiger charge is -2.54. The molecule has 1 fully saturated rings. The van der Waals surface area contributed by atoms with Gasteiger partial charge in [0, 0.05) is 12.6 Å². The molecule has 2 heteroatoms. The molecule has 0 amide bonds. The SMILES string of the molecule is C[C@H]1[C@H]2Cc3ccc(F)cc3[C@]1(C)CCN2Cc1ccccc1. The number of benzene rings is 2. The minimum atomic E-state index is -0.0951. The van der Waals surface area contributed by atoms with Crippen molar-refractivity contribution in [1.82, 2.24) is 4.90 Å². The highest BCUT2D eigenvalue weighted by molar-refractivity contribution is 5.40. The Kier molecular flexibility index (Phi) is 3.53. The first-order chi connectivity index (χ1) is 11.1. The van der Waals surface area contributed by atoms with Crippen LogP contribution in [0.25, 0.3) is 0 Å². The first-order valence-corrected chi connectivity index (χ1v) is 8.65. The van der Waals surface area contributed by atoms with Gasteiger partial charge < -0.3 is 0 Å². The highest BCUT2D eigenvalue weighted by Crippen LogP contribution is 2.48. The number of hydrogen-bond donors (Lipinski definition) is 0. The Morgan fingerprint density at radius 3 is 2.74 bits per heavy atom. The molecule has 0 radical (unpaired) electrons. The zero-order chi connectivity index (χ0) is 16.0. The molecule has 1 aliphatic heterocycles. The summed E-state index contributed by atoms with van der Waals surface area (Å²) in [6, 6.07) is 16.7. The zero-order valence-corrected chi connectivity index (χ0v) is 13.9. The summed E-state index contributed by atoms with van der Waals surface area (Å²) in [5.74, 6) is 0.455. The molecule has 2 bridgehead atoms. The summed E-state index contributed by atoms with van der Waals surface area (Å²) >= 11 is 0. The van der Waals surface area contributed by atoms with Crippen LogP contribution < -0.4 is 0 Å². The van der Waals surface area contributed by atoms with Gasteiger partial charge in [-0.2, -0.15) is 0 Å². The highest BCUT2D eigenvalue weighted by atomic mass is 19.1. The van der Waals surface area contributed by atoms with Crippen LogP contribution in [-0.4, -0.2) is 17.5 Å². The van der Waals surface area contributed by atoms with E-state index in [9.17, 15) is 4.39 Å². The van der Waals surface area contributed by atoms with Crippen molar-refractivity contribution in [2.75, 3.05) is 6.54 Å². The van der Waals surface area contributed by atoms with Gasteiger partial charge in [-0.1, -0.05) is 50.2 Å². The third kappa shape index (κ3) is 2.40. The average molecular weight is 309 g/mol. The summed E-state index contributed by atoms with van der Waals surface area (Å²) in [5, 5.41) is 0. The summed E-state index contributed by atoms with van der Waals surface area (Å²) < 4.78 is 13.8. The summed E-state index contributed by atoms with van der Waals surface area (Å²) in [4.78, 5) is 2.63. The number of fused-ring (bicyclic) bond motifs is 4. The minimum absolute atomic E-state index is 0.0951. The lowest BCUT2D eigenvalue weighted by Crippen LogP contribution is -2.57. The van der Waals surface area contributed by atoms with Crippen LogP contribution in [0.1, 0.15) is 37.0 Å². The maximum absolute atomic E-state index is 13.8. The van der Waals surface area contributed by atoms with E-state index in [0.717, 1.165) is 25.9 Å². The molecule has 1 aliphatic carbocycles. The molecule has 4 rings (SSSR count). The van der Waals surface area contributed by atoms with E-state index < -0.39 is 0 Å². The highest BCUT2D eigenvalue weighted by Gasteiger charge is 2.48. The molecule has 0 saturated carbocycles. The number of nitrogens with zero attached hydrogens (tertiary/aromatic N) is 1. The smallest absolute Gasteiger partial charge is 0.123 e. The van der Waals surface area contributed by atoms with Crippen molar-refractivity contribution < 1.29 is 4.39 Å². The van der Waals surface area contributed by atoms with Gasteiger partial charge in [-0.3, -0.25) is 4.90 Å². The number of hydrogen-bond acceptors (Lipinski definition) is 1. The summed E-state index contributed by atoms with van der Waals surface area (Å²) in [5.41, 5.74) is 4.08. The molecule has 2 aromatic rings. The molecule has 2 aromatic carbocycles. The normalized spacial score (nSPS) is 30.0. The number of piperidine rings is 1. The van der Waals surface area contributed by atoms with Crippen molar-refractivity contribution in [2.45, 2.75) is 44.7 Å². The number of halogens is 1. The molecule has 0 spiro atoms. The Morgan fingerprint density at radius 2 is 1.96 bits per heavy atom. The van der Waals surface area contributed by atoms with E-state index in [1.807, 2.05) is 6.07 Å². The molecule has 2 aliphatic rings. The molecule has 0 N–H and O–H groups in total. The number of rotatable bonds is 2. The lowest BCUT2D eigenvalue weighted by molar-refractivity contribution is 0.0257. The van der Waals surface area contributed by atoms with Crippen molar-refractivity contribution in [3.05, 3.63) is 71.0 Å². The third-order valence-electron chi connectivity index (χ3n) is 6.31. The Labute approximate surface area is 138 Å². The van der Waals surface area contributed by atoms with Crippen molar-refractivity contribution >= 4 is 0 Å². The van der Waals surface area contributed by atoms with Gasteiger partial charge in [-0.15, -0.1) is 0 Å². The fraction of sp³-hybridized carbons (Fsp3) is 0.429. The van der Waals surface area contributed by atoms with Crippen molar-refractivity contribution in [3.63, 3.8) is 0 Å². The van der Waals surface area contributed by atoms with E-state index >= 15 is 0 Å². The fourth-order valence-corrected chi connectivity index (χ4v) is 4.69. The van der Waals surface area contributed by atoms with Gasteiger partial charge >= 0.3 is 0 Å². The second kappa shape index (κ2) is 5.45. The van der Waals surface area contributed by atoms with Crippen LogP contribution in [0.5, 0.6) is 0 Å². The molecular formula is C21H24FN. The largest absolute Gasteiger partial charge is 0.295 e. The second-order valence-corrected chi connectivity index (χ2v) is 7.49. The Bertz CT molecular complexity index is 711. The summed E-state index contributed by atoms with van der Waals surface area (Å²) in [6.45, 7) is 6.80. The predicted octanol–water partition coefficient (Wildman–Crippen LogP) is 4.55. The van der Waals surface area contributed by atoms with E-state index in [2.05, 4.69) is 49.1 Å². The average Bonchev–Trinajstić information content (AvgIpc) is 2.55. The van der Waals surface area contributed by atoms with E-state index in [4.69, 9.17) is 0 Å². The van der Waals surface area contributed by atoms with Gasteiger partial charge in [0.2, 0.25) is 0 Å². The lowest BCUT2D eigenvalue weighted by atomic mass is 9.59. The molecule has 3 atom stereocenters. The first kappa shape index (κ1) is 14.9. The zero-order valence-electron chi connectivity index (χ0n) is 13.9. The Balaban J connectivity index is 1.67. The minimum Gasteiger partial charge on any atom is -0.295 e. The monoisotopic (exact) mass is 309 g/mol. The topological polar surface area (TPSA) is 3.24 Å². The van der Waals surface area contributed by atoms with Gasteiger partial charge in [0.1, 0.15) is 5.82 Å².